The Bertz CT molecular complexity index is 2200. The number of aryl methyl sites for hydroxylation is 1. The zero-order valence-electron chi connectivity index (χ0n) is 22.9. The number of rotatable bonds is 2. The van der Waals surface area contributed by atoms with Gasteiger partial charge < -0.3 is 4.57 Å². The van der Waals surface area contributed by atoms with Gasteiger partial charge in [0.25, 0.3) is 0 Å². The minimum atomic E-state index is -0.405. The van der Waals surface area contributed by atoms with Crippen molar-refractivity contribution >= 4 is 44.9 Å². The van der Waals surface area contributed by atoms with Gasteiger partial charge in [-0.15, -0.1) is 0 Å². The summed E-state index contributed by atoms with van der Waals surface area (Å²) in [6, 6.07) is 48.4. The maximum atomic E-state index is 2.60. The van der Waals surface area contributed by atoms with Crippen LogP contribution in [0.4, 0.5) is 0 Å². The summed E-state index contributed by atoms with van der Waals surface area (Å²) in [6.45, 7) is 2.45. The van der Waals surface area contributed by atoms with Crippen LogP contribution in [0.1, 0.15) is 38.9 Å². The van der Waals surface area contributed by atoms with Crippen LogP contribution in [0.15, 0.2) is 127 Å². The lowest BCUT2D eigenvalue weighted by atomic mass is 9.27. The third-order valence-electron chi connectivity index (χ3n) is 10.2. The van der Waals surface area contributed by atoms with E-state index in [9.17, 15) is 0 Å². The summed E-state index contributed by atoms with van der Waals surface area (Å²) in [6.07, 6.45) is 0.975. The molecule has 10 rings (SSSR count). The Kier molecular flexibility index (Phi) is 4.00. The third-order valence-corrected chi connectivity index (χ3v) is 10.2. The highest BCUT2D eigenvalue weighted by Crippen LogP contribution is 2.49. The van der Waals surface area contributed by atoms with Gasteiger partial charge in [0.1, 0.15) is 0 Å². The molecule has 0 bridgehead atoms. The zero-order valence-corrected chi connectivity index (χ0v) is 22.9. The topological polar surface area (TPSA) is 4.93 Å². The summed E-state index contributed by atoms with van der Waals surface area (Å²) in [5.41, 5.74) is 17.9. The summed E-state index contributed by atoms with van der Waals surface area (Å²) < 4.78 is 2.60. The molecule has 0 aliphatic carbocycles. The van der Waals surface area contributed by atoms with Gasteiger partial charge >= 0.3 is 0 Å². The largest absolute Gasteiger partial charge is 0.310 e. The Labute approximate surface area is 239 Å². The Balaban J connectivity index is 1.48. The van der Waals surface area contributed by atoms with Gasteiger partial charge in [-0.1, -0.05) is 121 Å². The third kappa shape index (κ3) is 2.47. The molecule has 0 atom stereocenters. The summed E-state index contributed by atoms with van der Waals surface area (Å²) in [5.74, 6) is 0. The first-order chi connectivity index (χ1) is 20.3. The van der Waals surface area contributed by atoms with E-state index in [1.807, 2.05) is 0 Å². The molecule has 0 saturated carbocycles. The van der Waals surface area contributed by atoms with Gasteiger partial charge in [0.2, 0.25) is 6.71 Å². The van der Waals surface area contributed by atoms with Crippen LogP contribution in [0.3, 0.4) is 0 Å². The molecule has 2 heteroatoms. The molecule has 0 fully saturated rings. The first-order valence-electron chi connectivity index (χ1n) is 14.7. The average molecular weight is 519 g/mol. The second-order valence-corrected chi connectivity index (χ2v) is 12.1. The van der Waals surface area contributed by atoms with Crippen LogP contribution < -0.4 is 16.4 Å². The maximum absolute atomic E-state index is 2.60. The first-order valence-corrected chi connectivity index (χ1v) is 14.7. The van der Waals surface area contributed by atoms with Crippen molar-refractivity contribution in [3.8, 4) is 5.69 Å². The zero-order chi connectivity index (χ0) is 26.9. The molecule has 41 heavy (non-hydrogen) atoms. The lowest BCUT2D eigenvalue weighted by Crippen LogP contribution is -2.67. The standard InChI is InChI=1S/C39H26BN/c1-24-18-20-29-30-21-19-26-23-25-10-8-15-31-35(25)40-36(26)38(30)41(34(29)22-24)33-17-9-16-32(37(33)40)39(31,27-11-4-2-5-12-27)28-13-6-3-7-14-28/h2-22H,23H2,1H3. The van der Waals surface area contributed by atoms with Gasteiger partial charge in [0.15, 0.2) is 0 Å². The van der Waals surface area contributed by atoms with Gasteiger partial charge in [0.05, 0.1) is 10.9 Å². The van der Waals surface area contributed by atoms with E-state index in [2.05, 4.69) is 139 Å². The van der Waals surface area contributed by atoms with Gasteiger partial charge in [0, 0.05) is 22.0 Å². The van der Waals surface area contributed by atoms with E-state index in [1.165, 1.54) is 82.8 Å². The smallest absolute Gasteiger partial charge is 0.248 e. The fraction of sp³-hybridized carbons (Fsp3) is 0.0769. The van der Waals surface area contributed by atoms with Crippen molar-refractivity contribution in [2.75, 3.05) is 0 Å². The molecule has 4 heterocycles. The van der Waals surface area contributed by atoms with Crippen molar-refractivity contribution in [2.45, 2.75) is 18.8 Å². The second kappa shape index (κ2) is 7.47. The van der Waals surface area contributed by atoms with E-state index >= 15 is 0 Å². The average Bonchev–Trinajstić information content (AvgIpc) is 3.35. The molecule has 7 aromatic rings. The fourth-order valence-corrected chi connectivity index (χ4v) is 8.77. The Morgan fingerprint density at radius 2 is 1.24 bits per heavy atom. The first kappa shape index (κ1) is 21.9. The molecule has 0 radical (unpaired) electrons. The summed E-state index contributed by atoms with van der Waals surface area (Å²) >= 11 is 0. The number of benzene rings is 6. The summed E-state index contributed by atoms with van der Waals surface area (Å²) in [7, 11) is 0. The predicted octanol–water partition coefficient (Wildman–Crippen LogP) is 6.52. The highest BCUT2D eigenvalue weighted by Gasteiger charge is 2.52. The SMILES string of the molecule is Cc1ccc2c3ccc4c5c3n(c2c1)-c1cccc2c1B5c1c(cccc1C2(c1ccccc1)c1ccccc1)C4. The van der Waals surface area contributed by atoms with E-state index in [1.54, 1.807) is 0 Å². The Morgan fingerprint density at radius 1 is 0.585 bits per heavy atom. The van der Waals surface area contributed by atoms with Crippen molar-refractivity contribution in [3.05, 3.63) is 166 Å². The molecular weight excluding hydrogens is 493 g/mol. The highest BCUT2D eigenvalue weighted by molar-refractivity contribution is 7.00. The summed E-state index contributed by atoms with van der Waals surface area (Å²) in [5, 5.41) is 2.72. The number of aromatic nitrogens is 1. The number of hydrogen-bond donors (Lipinski definition) is 0. The van der Waals surface area contributed by atoms with Crippen LogP contribution in [0.25, 0.3) is 27.5 Å². The van der Waals surface area contributed by atoms with Crippen molar-refractivity contribution in [2.24, 2.45) is 0 Å². The molecular formula is C39H26BN. The summed E-state index contributed by atoms with van der Waals surface area (Å²) in [4.78, 5) is 0. The molecule has 1 aromatic heterocycles. The molecule has 6 aromatic carbocycles. The molecule has 1 nitrogen and oxygen atoms in total. The van der Waals surface area contributed by atoms with Crippen LogP contribution in [0.5, 0.6) is 0 Å². The normalized spacial score (nSPS) is 15.0. The number of nitrogens with zero attached hydrogens (tertiary/aromatic N) is 1. The van der Waals surface area contributed by atoms with Crippen LogP contribution in [0, 0.1) is 6.92 Å². The van der Waals surface area contributed by atoms with Crippen LogP contribution in [0.2, 0.25) is 0 Å². The van der Waals surface area contributed by atoms with E-state index < -0.39 is 5.41 Å². The minimum absolute atomic E-state index is 0.235. The van der Waals surface area contributed by atoms with Crippen molar-refractivity contribution in [3.63, 3.8) is 0 Å². The van der Waals surface area contributed by atoms with Gasteiger partial charge in [-0.3, -0.25) is 0 Å². The van der Waals surface area contributed by atoms with Crippen LogP contribution in [-0.4, -0.2) is 11.3 Å². The van der Waals surface area contributed by atoms with Gasteiger partial charge in [-0.25, -0.2) is 0 Å². The molecule has 3 aliphatic heterocycles. The molecule has 0 spiro atoms. The monoisotopic (exact) mass is 519 g/mol. The minimum Gasteiger partial charge on any atom is -0.310 e. The molecule has 0 amide bonds. The Hall–Kier alpha value is -4.82. The molecule has 190 valence electrons. The van der Waals surface area contributed by atoms with E-state index in [4.69, 9.17) is 0 Å². The fourth-order valence-electron chi connectivity index (χ4n) is 8.77. The van der Waals surface area contributed by atoms with E-state index in [0.29, 0.717) is 0 Å². The second-order valence-electron chi connectivity index (χ2n) is 12.1. The quantitative estimate of drug-likeness (QED) is 0.229. The van der Waals surface area contributed by atoms with Crippen molar-refractivity contribution < 1.29 is 0 Å². The van der Waals surface area contributed by atoms with Crippen molar-refractivity contribution in [1.29, 1.82) is 0 Å². The van der Waals surface area contributed by atoms with Gasteiger partial charge in [-0.05, 0) is 75.3 Å². The van der Waals surface area contributed by atoms with Gasteiger partial charge in [-0.2, -0.15) is 0 Å². The lowest BCUT2D eigenvalue weighted by molar-refractivity contribution is 0.748. The van der Waals surface area contributed by atoms with Crippen molar-refractivity contribution in [1.82, 2.24) is 4.57 Å². The molecule has 0 saturated heterocycles. The van der Waals surface area contributed by atoms with Crippen LogP contribution in [-0.2, 0) is 11.8 Å². The lowest BCUT2D eigenvalue weighted by Gasteiger charge is -2.48. The maximum Gasteiger partial charge on any atom is 0.248 e. The molecule has 3 aliphatic rings. The molecule has 0 unspecified atom stereocenters. The highest BCUT2D eigenvalue weighted by atomic mass is 15.0. The Morgan fingerprint density at radius 3 is 2.00 bits per heavy atom. The number of fused-ring (bicyclic) bond motifs is 4. The predicted molar refractivity (Wildman–Crippen MR) is 171 cm³/mol. The number of hydrogen-bond acceptors (Lipinski definition) is 0. The van der Waals surface area contributed by atoms with E-state index in [-0.39, 0.29) is 6.71 Å². The van der Waals surface area contributed by atoms with E-state index in [0.717, 1.165) is 6.42 Å². The van der Waals surface area contributed by atoms with Crippen LogP contribution >= 0.6 is 0 Å². The molecule has 0 N–H and O–H groups in total.